The van der Waals surface area contributed by atoms with Gasteiger partial charge in [0, 0.05) is 16.2 Å². The van der Waals surface area contributed by atoms with Crippen LogP contribution in [-0.4, -0.2) is 9.97 Å². The zero-order chi connectivity index (χ0) is 13.1. The Morgan fingerprint density at radius 1 is 0.842 bits per heavy atom. The molecule has 2 aromatic carbocycles. The Balaban J connectivity index is 2.18. The molecule has 0 spiro atoms. The highest BCUT2D eigenvalue weighted by Crippen LogP contribution is 2.31. The van der Waals surface area contributed by atoms with E-state index in [1.807, 2.05) is 30.3 Å². The number of benzene rings is 2. The molecule has 0 aliphatic heterocycles. The van der Waals surface area contributed by atoms with Crippen molar-refractivity contribution in [2.24, 2.45) is 0 Å². The van der Waals surface area contributed by atoms with Crippen LogP contribution in [0.15, 0.2) is 71.6 Å². The third kappa shape index (κ3) is 2.56. The van der Waals surface area contributed by atoms with Crippen LogP contribution < -0.4 is 0 Å². The minimum atomic E-state index is 0.936. The monoisotopic (exact) mass is 310 g/mol. The van der Waals surface area contributed by atoms with Gasteiger partial charge in [-0.2, -0.15) is 0 Å². The average Bonchev–Trinajstić information content (AvgIpc) is 2.48. The van der Waals surface area contributed by atoms with Gasteiger partial charge in [0.1, 0.15) is 6.33 Å². The molecule has 1 heterocycles. The third-order valence-electron chi connectivity index (χ3n) is 2.92. The summed E-state index contributed by atoms with van der Waals surface area (Å²) in [5.74, 6) is 0. The smallest absolute Gasteiger partial charge is 0.116 e. The Hall–Kier alpha value is -2.00. The van der Waals surface area contributed by atoms with E-state index in [1.54, 1.807) is 12.5 Å². The van der Waals surface area contributed by atoms with Gasteiger partial charge in [0.25, 0.3) is 0 Å². The fraction of sp³-hybridized carbons (Fsp3) is 0. The maximum Gasteiger partial charge on any atom is 0.116 e. The van der Waals surface area contributed by atoms with Gasteiger partial charge in [-0.3, -0.25) is 0 Å². The zero-order valence-corrected chi connectivity index (χ0v) is 11.7. The molecule has 3 heteroatoms. The van der Waals surface area contributed by atoms with Crippen LogP contribution in [0.3, 0.4) is 0 Å². The van der Waals surface area contributed by atoms with Gasteiger partial charge >= 0.3 is 0 Å². The number of nitrogens with zero attached hydrogens (tertiary/aromatic N) is 2. The molecule has 92 valence electrons. The molecule has 3 rings (SSSR count). The van der Waals surface area contributed by atoms with Crippen LogP contribution in [0, 0.1) is 0 Å². The number of hydrogen-bond donors (Lipinski definition) is 0. The van der Waals surface area contributed by atoms with Crippen molar-refractivity contribution in [3.8, 4) is 22.4 Å². The summed E-state index contributed by atoms with van der Waals surface area (Å²) in [6, 6.07) is 18.5. The molecule has 3 aromatic rings. The van der Waals surface area contributed by atoms with Crippen LogP contribution in [-0.2, 0) is 0 Å². The maximum absolute atomic E-state index is 4.33. The first-order valence-corrected chi connectivity index (χ1v) is 6.75. The van der Waals surface area contributed by atoms with Gasteiger partial charge in [0.15, 0.2) is 0 Å². The fourth-order valence-electron chi connectivity index (χ4n) is 2.06. The molecule has 0 unspecified atom stereocenters. The summed E-state index contributed by atoms with van der Waals surface area (Å²) >= 11 is 3.51. The fourth-order valence-corrected chi connectivity index (χ4v) is 2.46. The second kappa shape index (κ2) is 5.33. The molecule has 0 saturated carbocycles. The number of aromatic nitrogens is 2. The van der Waals surface area contributed by atoms with Crippen molar-refractivity contribution in [3.05, 3.63) is 71.6 Å². The van der Waals surface area contributed by atoms with Gasteiger partial charge in [-0.1, -0.05) is 52.3 Å². The first kappa shape index (κ1) is 12.1. The molecule has 1 aromatic heterocycles. The van der Waals surface area contributed by atoms with Crippen LogP contribution >= 0.6 is 15.9 Å². The summed E-state index contributed by atoms with van der Waals surface area (Å²) < 4.78 is 1.07. The lowest BCUT2D eigenvalue weighted by molar-refractivity contribution is 1.17. The molecule has 0 bridgehead atoms. The van der Waals surface area contributed by atoms with E-state index >= 15 is 0 Å². The van der Waals surface area contributed by atoms with E-state index in [1.165, 1.54) is 11.1 Å². The molecule has 0 saturated heterocycles. The molecule has 2 nitrogen and oxygen atoms in total. The van der Waals surface area contributed by atoms with Crippen molar-refractivity contribution in [2.45, 2.75) is 0 Å². The number of rotatable bonds is 2. The lowest BCUT2D eigenvalue weighted by Crippen LogP contribution is -1.88. The lowest BCUT2D eigenvalue weighted by Gasteiger charge is -2.09. The largest absolute Gasteiger partial charge is 0.245 e. The first-order chi connectivity index (χ1) is 9.34. The number of hydrogen-bond acceptors (Lipinski definition) is 2. The van der Waals surface area contributed by atoms with Crippen LogP contribution in [0.5, 0.6) is 0 Å². The van der Waals surface area contributed by atoms with Crippen molar-refractivity contribution in [3.63, 3.8) is 0 Å². The lowest BCUT2D eigenvalue weighted by atomic mass is 9.98. The summed E-state index contributed by atoms with van der Waals surface area (Å²) in [5, 5.41) is 0. The van der Waals surface area contributed by atoms with Gasteiger partial charge < -0.3 is 0 Å². The zero-order valence-electron chi connectivity index (χ0n) is 10.1. The second-order valence-corrected chi connectivity index (χ2v) is 5.07. The Bertz CT molecular complexity index is 696. The van der Waals surface area contributed by atoms with Crippen molar-refractivity contribution in [1.82, 2.24) is 9.97 Å². The molecular weight excluding hydrogens is 300 g/mol. The molecule has 0 amide bonds. The minimum Gasteiger partial charge on any atom is -0.245 e. The molecule has 0 radical (unpaired) electrons. The molecule has 0 aliphatic carbocycles. The Labute approximate surface area is 120 Å². The predicted octanol–water partition coefficient (Wildman–Crippen LogP) is 4.57. The van der Waals surface area contributed by atoms with E-state index in [2.05, 4.69) is 50.2 Å². The van der Waals surface area contributed by atoms with E-state index in [-0.39, 0.29) is 0 Å². The Kier molecular flexibility index (Phi) is 3.38. The van der Waals surface area contributed by atoms with Crippen LogP contribution in [0.25, 0.3) is 22.4 Å². The summed E-state index contributed by atoms with van der Waals surface area (Å²) in [7, 11) is 0. The van der Waals surface area contributed by atoms with Gasteiger partial charge in [-0.05, 0) is 29.3 Å². The number of halogens is 1. The summed E-state index contributed by atoms with van der Waals surface area (Å²) in [5.41, 5.74) is 4.39. The minimum absolute atomic E-state index is 0.936. The highest BCUT2D eigenvalue weighted by Gasteiger charge is 2.07. The van der Waals surface area contributed by atoms with Crippen molar-refractivity contribution in [2.75, 3.05) is 0 Å². The quantitative estimate of drug-likeness (QED) is 0.692. The van der Waals surface area contributed by atoms with Crippen LogP contribution in [0.1, 0.15) is 0 Å². The van der Waals surface area contributed by atoms with E-state index < -0.39 is 0 Å². The summed E-state index contributed by atoms with van der Waals surface area (Å²) in [6.45, 7) is 0. The van der Waals surface area contributed by atoms with E-state index in [0.29, 0.717) is 0 Å². The standard InChI is InChI=1S/C16H11BrN2/c17-13-5-3-4-12(10-13)14-6-1-2-7-15(14)16-8-9-18-11-19-16/h1-11H. The average molecular weight is 311 g/mol. The van der Waals surface area contributed by atoms with E-state index in [4.69, 9.17) is 0 Å². The van der Waals surface area contributed by atoms with Gasteiger partial charge in [-0.15, -0.1) is 0 Å². The molecule has 0 atom stereocenters. The summed E-state index contributed by atoms with van der Waals surface area (Å²) in [6.07, 6.45) is 3.34. The van der Waals surface area contributed by atoms with Crippen LogP contribution in [0.2, 0.25) is 0 Å². The molecule has 0 aliphatic rings. The second-order valence-electron chi connectivity index (χ2n) is 4.15. The van der Waals surface area contributed by atoms with Crippen LogP contribution in [0.4, 0.5) is 0 Å². The van der Waals surface area contributed by atoms with Gasteiger partial charge in [-0.25, -0.2) is 9.97 Å². The van der Waals surface area contributed by atoms with Crippen molar-refractivity contribution < 1.29 is 0 Å². The highest BCUT2D eigenvalue weighted by atomic mass is 79.9. The van der Waals surface area contributed by atoms with Gasteiger partial charge in [0.05, 0.1) is 5.69 Å². The molecule has 0 N–H and O–H groups in total. The Morgan fingerprint density at radius 3 is 2.42 bits per heavy atom. The highest BCUT2D eigenvalue weighted by molar-refractivity contribution is 9.10. The van der Waals surface area contributed by atoms with E-state index in [0.717, 1.165) is 15.7 Å². The van der Waals surface area contributed by atoms with Crippen molar-refractivity contribution in [1.29, 1.82) is 0 Å². The topological polar surface area (TPSA) is 25.8 Å². The maximum atomic E-state index is 4.33. The normalized spacial score (nSPS) is 10.4. The van der Waals surface area contributed by atoms with E-state index in [9.17, 15) is 0 Å². The SMILES string of the molecule is Brc1cccc(-c2ccccc2-c2ccncn2)c1. The molecular formula is C16H11BrN2. The first-order valence-electron chi connectivity index (χ1n) is 5.96. The molecule has 0 fully saturated rings. The Morgan fingerprint density at radius 2 is 1.68 bits per heavy atom. The van der Waals surface area contributed by atoms with Gasteiger partial charge in [0.2, 0.25) is 0 Å². The van der Waals surface area contributed by atoms with Crippen molar-refractivity contribution >= 4 is 15.9 Å². The third-order valence-corrected chi connectivity index (χ3v) is 3.41. The molecule has 19 heavy (non-hydrogen) atoms. The summed E-state index contributed by atoms with van der Waals surface area (Å²) in [4.78, 5) is 8.30. The predicted molar refractivity (Wildman–Crippen MR) is 80.6 cm³/mol.